The molecular weight excluding hydrogens is 633 g/mol. The summed E-state index contributed by atoms with van der Waals surface area (Å²) in [5.41, 5.74) is 5.60. The number of pyridine rings is 1. The molecule has 12 heteroatoms. The maximum atomic E-state index is 11.5. The second-order valence-corrected chi connectivity index (χ2v) is 11.6. The number of aromatic nitrogens is 1. The van der Waals surface area contributed by atoms with E-state index >= 15 is 0 Å². The molecule has 2 aliphatic rings. The van der Waals surface area contributed by atoms with Gasteiger partial charge in [-0.25, -0.2) is 0 Å². The average Bonchev–Trinajstić information content (AvgIpc) is 3.48. The van der Waals surface area contributed by atoms with Gasteiger partial charge in [-0.05, 0) is 53.8 Å². The average molecular weight is 663 g/mol. The molecule has 1 aliphatic carbocycles. The summed E-state index contributed by atoms with van der Waals surface area (Å²) in [6.45, 7) is 0.463. The van der Waals surface area contributed by atoms with Crippen LogP contribution in [0.2, 0.25) is 10.0 Å². The Labute approximate surface area is 275 Å². The number of carbonyl (C=O) groups is 1. The number of carboxylic acid groups (broad SMARTS) is 1. The number of hydrogen-bond donors (Lipinski definition) is 3. The van der Waals surface area contributed by atoms with Crippen LogP contribution < -0.4 is 24.3 Å². The minimum absolute atomic E-state index is 0.0509. The van der Waals surface area contributed by atoms with Gasteiger partial charge in [0.05, 0.1) is 22.2 Å². The molecule has 46 heavy (non-hydrogen) atoms. The van der Waals surface area contributed by atoms with Crippen LogP contribution >= 0.6 is 23.2 Å². The zero-order chi connectivity index (χ0) is 32.2. The molecule has 0 amide bonds. The lowest BCUT2D eigenvalue weighted by Crippen LogP contribution is -2.39. The van der Waals surface area contributed by atoms with Crippen LogP contribution in [0.25, 0.3) is 11.1 Å². The summed E-state index contributed by atoms with van der Waals surface area (Å²) in [6, 6.07) is 15.7. The van der Waals surface area contributed by atoms with Crippen molar-refractivity contribution in [2.75, 3.05) is 19.8 Å². The van der Waals surface area contributed by atoms with E-state index in [1.807, 2.05) is 30.3 Å². The number of ether oxygens (including phenoxy) is 4. The highest BCUT2D eigenvalue weighted by molar-refractivity contribution is 6.35. The zero-order valence-corrected chi connectivity index (χ0v) is 26.0. The highest BCUT2D eigenvalue weighted by Gasteiger charge is 2.29. The van der Waals surface area contributed by atoms with Gasteiger partial charge in [0.2, 0.25) is 0 Å². The van der Waals surface area contributed by atoms with Gasteiger partial charge < -0.3 is 29.2 Å². The predicted molar refractivity (Wildman–Crippen MR) is 170 cm³/mol. The first-order valence-electron chi connectivity index (χ1n) is 14.6. The van der Waals surface area contributed by atoms with E-state index < -0.39 is 18.6 Å². The maximum Gasteiger partial charge on any atom is 0.323 e. The number of aliphatic carboxylic acids is 1. The Kier molecular flexibility index (Phi) is 9.47. The van der Waals surface area contributed by atoms with Crippen molar-refractivity contribution in [3.8, 4) is 40.2 Å². The van der Waals surface area contributed by atoms with Gasteiger partial charge in [0.15, 0.2) is 11.5 Å². The van der Waals surface area contributed by atoms with Gasteiger partial charge >= 0.3 is 5.97 Å². The molecule has 6 rings (SSSR count). The van der Waals surface area contributed by atoms with E-state index in [2.05, 4.69) is 16.4 Å². The van der Waals surface area contributed by atoms with Gasteiger partial charge in [-0.1, -0.05) is 41.4 Å². The van der Waals surface area contributed by atoms with E-state index in [0.29, 0.717) is 69.4 Å². The van der Waals surface area contributed by atoms with Crippen LogP contribution in [0.5, 0.6) is 23.0 Å². The number of halogens is 2. The first kappa shape index (κ1) is 31.5. The summed E-state index contributed by atoms with van der Waals surface area (Å²) in [6.07, 6.45) is 4.21. The summed E-state index contributed by atoms with van der Waals surface area (Å²) < 4.78 is 24.1. The van der Waals surface area contributed by atoms with Crippen molar-refractivity contribution in [3.05, 3.63) is 98.8 Å². The van der Waals surface area contributed by atoms with Crippen molar-refractivity contribution >= 4 is 29.2 Å². The largest absolute Gasteiger partial charge is 0.488 e. The quantitative estimate of drug-likeness (QED) is 0.178. The molecule has 2 atom stereocenters. The second kappa shape index (κ2) is 13.8. The Balaban J connectivity index is 1.28. The smallest absolute Gasteiger partial charge is 0.323 e. The van der Waals surface area contributed by atoms with Gasteiger partial charge in [0, 0.05) is 41.7 Å². The molecule has 4 aromatic rings. The molecule has 2 heterocycles. The Morgan fingerprint density at radius 2 is 1.96 bits per heavy atom. The van der Waals surface area contributed by atoms with Crippen molar-refractivity contribution in [1.82, 2.24) is 10.3 Å². The van der Waals surface area contributed by atoms with Gasteiger partial charge in [-0.15, -0.1) is 0 Å². The molecule has 1 aromatic heterocycles. The van der Waals surface area contributed by atoms with Gasteiger partial charge in [0.25, 0.3) is 0 Å². The van der Waals surface area contributed by atoms with Crippen LogP contribution in [0, 0.1) is 11.3 Å². The van der Waals surface area contributed by atoms with Crippen molar-refractivity contribution in [2.45, 2.75) is 38.1 Å². The van der Waals surface area contributed by atoms with E-state index in [0.717, 1.165) is 28.7 Å². The van der Waals surface area contributed by atoms with Crippen LogP contribution in [-0.2, 0) is 24.4 Å². The summed E-state index contributed by atoms with van der Waals surface area (Å²) in [7, 11) is 0. The lowest BCUT2D eigenvalue weighted by molar-refractivity contribution is -0.140. The minimum Gasteiger partial charge on any atom is -0.488 e. The Bertz CT molecular complexity index is 1830. The number of rotatable bonds is 11. The highest BCUT2D eigenvalue weighted by atomic mass is 35.5. The van der Waals surface area contributed by atoms with E-state index in [1.165, 1.54) is 6.20 Å². The third-order valence-corrected chi connectivity index (χ3v) is 8.55. The van der Waals surface area contributed by atoms with Crippen LogP contribution in [-0.4, -0.2) is 47.0 Å². The van der Waals surface area contributed by atoms with Crippen LogP contribution in [0.15, 0.2) is 60.9 Å². The zero-order valence-electron chi connectivity index (χ0n) is 24.5. The molecule has 0 radical (unpaired) electrons. The van der Waals surface area contributed by atoms with Crippen LogP contribution in [0.4, 0.5) is 0 Å². The molecule has 3 aromatic carbocycles. The van der Waals surface area contributed by atoms with E-state index in [9.17, 15) is 20.3 Å². The van der Waals surface area contributed by atoms with Gasteiger partial charge in [0.1, 0.15) is 49.5 Å². The first-order valence-corrected chi connectivity index (χ1v) is 15.3. The molecule has 3 N–H and O–H groups in total. The van der Waals surface area contributed by atoms with E-state index in [1.54, 1.807) is 24.4 Å². The maximum absolute atomic E-state index is 11.5. The molecule has 10 nitrogen and oxygen atoms in total. The van der Waals surface area contributed by atoms with Crippen molar-refractivity contribution in [2.24, 2.45) is 0 Å². The van der Waals surface area contributed by atoms with Crippen LogP contribution in [0.1, 0.15) is 40.3 Å². The second-order valence-electron chi connectivity index (χ2n) is 10.8. The van der Waals surface area contributed by atoms with Crippen molar-refractivity contribution < 1.29 is 34.0 Å². The number of hydrogen-bond acceptors (Lipinski definition) is 9. The van der Waals surface area contributed by atoms with Gasteiger partial charge in [-0.2, -0.15) is 5.26 Å². The predicted octanol–water partition coefficient (Wildman–Crippen LogP) is 5.88. The van der Waals surface area contributed by atoms with Gasteiger partial charge in [-0.3, -0.25) is 15.1 Å². The Morgan fingerprint density at radius 1 is 1.11 bits per heavy atom. The SMILES string of the molecule is N#Cc1cncc(COc2cc(O[C@H]3CCc4c(-c5ccc6c(c5Cl)OCCO6)cccc43)c(Cl)cc2CNC(CO)C(=O)O)c1. The summed E-state index contributed by atoms with van der Waals surface area (Å²) in [4.78, 5) is 15.5. The number of benzene rings is 3. The van der Waals surface area contributed by atoms with Crippen molar-refractivity contribution in [3.63, 3.8) is 0 Å². The molecule has 0 bridgehead atoms. The third kappa shape index (κ3) is 6.55. The third-order valence-electron chi connectivity index (χ3n) is 7.88. The molecule has 236 valence electrons. The molecular formula is C34H29Cl2N3O7. The molecule has 0 spiro atoms. The molecule has 1 unspecified atom stereocenters. The molecule has 1 aliphatic heterocycles. The fourth-order valence-corrected chi connectivity index (χ4v) is 6.17. The Morgan fingerprint density at radius 3 is 2.76 bits per heavy atom. The van der Waals surface area contributed by atoms with Crippen molar-refractivity contribution in [1.29, 1.82) is 5.26 Å². The standard InChI is InChI=1S/C34H29Cl2N3O7/c35-26-11-21(16-39-27(17-40)34(41)42)30(45-18-20-10-19(13-37)14-38-15-20)12-31(26)46-28-6-4-23-22(2-1-3-24(23)28)25-5-7-29-33(32(25)36)44-9-8-43-29/h1-3,5,7,10-12,14-15,27-28,39-40H,4,6,8-9,16-18H2,(H,41,42)/t27?,28-/m0/s1. The number of aliphatic hydroxyl groups is 1. The number of fused-ring (bicyclic) bond motifs is 2. The lowest BCUT2D eigenvalue weighted by atomic mass is 9.96. The number of carboxylic acids is 1. The topological polar surface area (TPSA) is 143 Å². The highest BCUT2D eigenvalue weighted by Crippen LogP contribution is 2.47. The molecule has 0 saturated carbocycles. The number of aliphatic hydroxyl groups excluding tert-OH is 1. The fourth-order valence-electron chi connectivity index (χ4n) is 5.62. The van der Waals surface area contributed by atoms with Crippen LogP contribution in [0.3, 0.4) is 0 Å². The minimum atomic E-state index is -1.19. The summed E-state index contributed by atoms with van der Waals surface area (Å²) in [5, 5.41) is 31.7. The van der Waals surface area contributed by atoms with E-state index in [4.69, 9.17) is 42.1 Å². The number of nitriles is 1. The first-order chi connectivity index (χ1) is 22.4. The lowest BCUT2D eigenvalue weighted by Gasteiger charge is -2.22. The fraction of sp³-hybridized carbons (Fsp3) is 0.265. The van der Waals surface area contributed by atoms with E-state index in [-0.39, 0.29) is 19.3 Å². The molecule has 0 saturated heterocycles. The Hall–Kier alpha value is -4.53. The monoisotopic (exact) mass is 661 g/mol. The summed E-state index contributed by atoms with van der Waals surface area (Å²) in [5.74, 6) is 0.774. The summed E-state index contributed by atoms with van der Waals surface area (Å²) >= 11 is 13.5. The normalized spacial score (nSPS) is 15.5. The number of nitrogens with zero attached hydrogens (tertiary/aromatic N) is 2. The molecule has 0 fully saturated rings. The number of nitrogens with one attached hydrogen (secondary N) is 1.